The number of nitrogens with one attached hydrogen (secondary N) is 1. The van der Waals surface area contributed by atoms with E-state index < -0.39 is 11.9 Å². The summed E-state index contributed by atoms with van der Waals surface area (Å²) in [6, 6.07) is 10.3. The van der Waals surface area contributed by atoms with Crippen molar-refractivity contribution in [3.8, 4) is 0 Å². The molecule has 0 saturated heterocycles. The Morgan fingerprint density at radius 3 is 2.37 bits per heavy atom. The maximum absolute atomic E-state index is 12.0. The molecule has 2 aliphatic rings. The molecule has 3 rings (SSSR count). The van der Waals surface area contributed by atoms with Crippen LogP contribution in [0.5, 0.6) is 0 Å². The predicted molar refractivity (Wildman–Crippen MR) is 69.6 cm³/mol. The van der Waals surface area contributed by atoms with E-state index in [2.05, 4.69) is 17.4 Å². The molecule has 0 aliphatic heterocycles. The van der Waals surface area contributed by atoms with Crippen molar-refractivity contribution in [1.82, 2.24) is 5.32 Å². The molecule has 0 radical (unpaired) electrons. The molecule has 0 heterocycles. The van der Waals surface area contributed by atoms with Gasteiger partial charge in [0.2, 0.25) is 5.91 Å². The van der Waals surface area contributed by atoms with Gasteiger partial charge in [0, 0.05) is 12.0 Å². The Labute approximate surface area is 111 Å². The molecule has 0 aromatic heterocycles. The van der Waals surface area contributed by atoms with Crippen molar-refractivity contribution in [3.05, 3.63) is 35.9 Å². The molecule has 4 atom stereocenters. The van der Waals surface area contributed by atoms with E-state index in [1.807, 2.05) is 18.2 Å². The van der Waals surface area contributed by atoms with Gasteiger partial charge < -0.3 is 10.4 Å². The van der Waals surface area contributed by atoms with Gasteiger partial charge in [-0.1, -0.05) is 30.3 Å². The monoisotopic (exact) mass is 259 g/mol. The fraction of sp³-hybridized carbons (Fsp3) is 0.467. The predicted octanol–water partition coefficient (Wildman–Crippen LogP) is 1.77. The van der Waals surface area contributed by atoms with Crippen molar-refractivity contribution in [2.75, 3.05) is 0 Å². The Kier molecular flexibility index (Phi) is 3.01. The molecule has 4 unspecified atom stereocenters. The zero-order valence-electron chi connectivity index (χ0n) is 10.6. The molecular weight excluding hydrogens is 242 g/mol. The lowest BCUT2D eigenvalue weighted by atomic mass is 9.73. The van der Waals surface area contributed by atoms with Gasteiger partial charge >= 0.3 is 5.97 Å². The van der Waals surface area contributed by atoms with Crippen LogP contribution in [-0.4, -0.2) is 23.0 Å². The minimum Gasteiger partial charge on any atom is -0.481 e. The molecule has 4 nitrogen and oxygen atoms in total. The average Bonchev–Trinajstić information content (AvgIpc) is 3.07. The lowest BCUT2D eigenvalue weighted by molar-refractivity contribution is -0.152. The second kappa shape index (κ2) is 4.68. The second-order valence-corrected chi connectivity index (χ2v) is 5.50. The highest BCUT2D eigenvalue weighted by atomic mass is 16.4. The molecule has 4 heteroatoms. The van der Waals surface area contributed by atoms with Crippen LogP contribution >= 0.6 is 0 Å². The lowest BCUT2D eigenvalue weighted by Crippen LogP contribution is -2.44. The van der Waals surface area contributed by atoms with Crippen molar-refractivity contribution < 1.29 is 14.7 Å². The van der Waals surface area contributed by atoms with Crippen LogP contribution in [0.3, 0.4) is 0 Å². The summed E-state index contributed by atoms with van der Waals surface area (Å²) in [6.07, 6.45) is 2.28. The molecule has 1 aromatic rings. The molecule has 2 saturated carbocycles. The summed E-state index contributed by atoms with van der Waals surface area (Å²) >= 11 is 0. The van der Waals surface area contributed by atoms with Gasteiger partial charge in [0.15, 0.2) is 0 Å². The van der Waals surface area contributed by atoms with Crippen molar-refractivity contribution in [1.29, 1.82) is 0 Å². The summed E-state index contributed by atoms with van der Waals surface area (Å²) in [5, 5.41) is 11.9. The smallest absolute Gasteiger partial charge is 0.307 e. The van der Waals surface area contributed by atoms with Crippen molar-refractivity contribution >= 4 is 11.9 Å². The summed E-state index contributed by atoms with van der Waals surface area (Å²) in [5.41, 5.74) is 1.25. The van der Waals surface area contributed by atoms with Crippen LogP contribution in [0.15, 0.2) is 30.3 Å². The number of carboxylic acids is 1. The molecule has 19 heavy (non-hydrogen) atoms. The first-order chi connectivity index (χ1) is 9.16. The maximum atomic E-state index is 12.0. The summed E-state index contributed by atoms with van der Waals surface area (Å²) in [5.74, 6) is -1.33. The van der Waals surface area contributed by atoms with Crippen LogP contribution in [0.25, 0.3) is 0 Å². The number of hydrogen-bond acceptors (Lipinski definition) is 2. The molecule has 1 amide bonds. The Hall–Kier alpha value is -1.84. The second-order valence-electron chi connectivity index (χ2n) is 5.50. The van der Waals surface area contributed by atoms with Gasteiger partial charge in [-0.05, 0) is 24.8 Å². The van der Waals surface area contributed by atoms with Crippen LogP contribution in [0, 0.1) is 11.8 Å². The number of carboxylic acid groups (broad SMARTS) is 1. The number of amides is 1. The van der Waals surface area contributed by atoms with Gasteiger partial charge in [-0.15, -0.1) is 0 Å². The topological polar surface area (TPSA) is 66.4 Å². The van der Waals surface area contributed by atoms with Gasteiger partial charge in [0.05, 0.1) is 11.8 Å². The van der Waals surface area contributed by atoms with E-state index in [4.69, 9.17) is 5.11 Å². The fourth-order valence-corrected chi connectivity index (χ4v) is 2.82. The van der Waals surface area contributed by atoms with Crippen molar-refractivity contribution in [2.24, 2.45) is 11.8 Å². The van der Waals surface area contributed by atoms with Crippen LogP contribution in [0.2, 0.25) is 0 Å². The summed E-state index contributed by atoms with van der Waals surface area (Å²) in [4.78, 5) is 22.9. The molecule has 2 aliphatic carbocycles. The van der Waals surface area contributed by atoms with Crippen LogP contribution in [-0.2, 0) is 9.59 Å². The van der Waals surface area contributed by atoms with Crippen LogP contribution < -0.4 is 5.32 Å². The minimum atomic E-state index is -0.846. The van der Waals surface area contributed by atoms with Crippen LogP contribution in [0.1, 0.15) is 30.7 Å². The highest BCUT2D eigenvalue weighted by Gasteiger charge is 2.45. The first-order valence-electron chi connectivity index (χ1n) is 6.75. The van der Waals surface area contributed by atoms with Crippen molar-refractivity contribution in [2.45, 2.75) is 31.2 Å². The summed E-state index contributed by atoms with van der Waals surface area (Å²) < 4.78 is 0. The minimum absolute atomic E-state index is 0.0814. The summed E-state index contributed by atoms with van der Waals surface area (Å²) in [7, 11) is 0. The lowest BCUT2D eigenvalue weighted by Gasteiger charge is -2.32. The van der Waals surface area contributed by atoms with Gasteiger partial charge in [-0.2, -0.15) is 0 Å². The van der Waals surface area contributed by atoms with E-state index in [-0.39, 0.29) is 17.9 Å². The Morgan fingerprint density at radius 1 is 1.11 bits per heavy atom. The third-order valence-electron chi connectivity index (χ3n) is 4.27. The third-order valence-corrected chi connectivity index (χ3v) is 4.27. The fourth-order valence-electron chi connectivity index (χ4n) is 2.82. The van der Waals surface area contributed by atoms with E-state index in [1.165, 1.54) is 5.56 Å². The Morgan fingerprint density at radius 2 is 1.79 bits per heavy atom. The number of carbonyl (C=O) groups is 2. The SMILES string of the molecule is O=C(O)C1CCC1C(=O)NC1CC1c1ccccc1. The number of carbonyl (C=O) groups excluding carboxylic acids is 1. The van der Waals surface area contributed by atoms with Crippen LogP contribution in [0.4, 0.5) is 0 Å². The quantitative estimate of drug-likeness (QED) is 0.866. The van der Waals surface area contributed by atoms with E-state index in [0.717, 1.165) is 6.42 Å². The highest BCUT2D eigenvalue weighted by Crippen LogP contribution is 2.42. The molecule has 0 spiro atoms. The number of rotatable bonds is 4. The van der Waals surface area contributed by atoms with E-state index >= 15 is 0 Å². The number of benzene rings is 1. The Balaban J connectivity index is 1.54. The molecule has 1 aromatic carbocycles. The van der Waals surface area contributed by atoms with E-state index in [1.54, 1.807) is 0 Å². The maximum Gasteiger partial charge on any atom is 0.307 e. The first-order valence-corrected chi connectivity index (χ1v) is 6.75. The van der Waals surface area contributed by atoms with Gasteiger partial charge in [0.1, 0.15) is 0 Å². The van der Waals surface area contributed by atoms with Gasteiger partial charge in [-0.25, -0.2) is 0 Å². The molecule has 2 N–H and O–H groups in total. The van der Waals surface area contributed by atoms with Gasteiger partial charge in [-0.3, -0.25) is 9.59 Å². The normalized spacial score (nSPS) is 32.2. The number of aliphatic carboxylic acids is 1. The first kappa shape index (κ1) is 12.2. The number of hydrogen-bond donors (Lipinski definition) is 2. The summed E-state index contributed by atoms with van der Waals surface area (Å²) in [6.45, 7) is 0. The molecule has 2 fully saturated rings. The third kappa shape index (κ3) is 2.35. The van der Waals surface area contributed by atoms with E-state index in [0.29, 0.717) is 18.8 Å². The van der Waals surface area contributed by atoms with Crippen molar-refractivity contribution in [3.63, 3.8) is 0 Å². The van der Waals surface area contributed by atoms with E-state index in [9.17, 15) is 9.59 Å². The molecule has 100 valence electrons. The highest BCUT2D eigenvalue weighted by molar-refractivity contribution is 5.86. The average molecular weight is 259 g/mol. The Bertz CT molecular complexity index is 499. The largest absolute Gasteiger partial charge is 0.481 e. The molecule has 0 bridgehead atoms. The zero-order chi connectivity index (χ0) is 13.4. The zero-order valence-corrected chi connectivity index (χ0v) is 10.6. The van der Waals surface area contributed by atoms with Gasteiger partial charge in [0.25, 0.3) is 0 Å². The standard InChI is InChI=1S/C15H17NO3/c17-14(10-6-7-11(10)15(18)19)16-13-8-12(13)9-4-2-1-3-5-9/h1-5,10-13H,6-8H2,(H,16,17)(H,18,19). The molecular formula is C15H17NO3.